The Morgan fingerprint density at radius 2 is 1.87 bits per heavy atom. The monoisotopic (exact) mass is 314 g/mol. The maximum Gasteiger partial charge on any atom is 0.308 e. The van der Waals surface area contributed by atoms with Gasteiger partial charge in [-0.3, -0.25) is 4.79 Å². The Balaban J connectivity index is 2.64. The first kappa shape index (κ1) is 17.3. The number of allylic oxidation sites excluding steroid dienone is 3. The van der Waals surface area contributed by atoms with E-state index in [1.54, 1.807) is 7.11 Å². The molecule has 1 aliphatic rings. The highest BCUT2D eigenvalue weighted by Crippen LogP contribution is 2.47. The number of ether oxygens (including phenoxy) is 2. The quantitative estimate of drug-likeness (QED) is 0.448. The summed E-state index contributed by atoms with van der Waals surface area (Å²) in [5, 5.41) is 0. The molecule has 1 aromatic carbocycles. The van der Waals surface area contributed by atoms with Crippen LogP contribution in [-0.4, -0.2) is 13.1 Å². The van der Waals surface area contributed by atoms with Crippen LogP contribution in [0.1, 0.15) is 50.7 Å². The van der Waals surface area contributed by atoms with Crippen LogP contribution in [0.2, 0.25) is 0 Å². The van der Waals surface area contributed by atoms with Crippen LogP contribution in [0, 0.1) is 12.8 Å². The standard InChI is InChI=1S/C20H26O3/c1-12(2)16-8-7-13(3)9-17(16)20-18(22-6)10-14(4)11-19(20)23-15(5)21/h9-11,16-17H,1,7-8H2,2-6H3. The maximum absolute atomic E-state index is 11.5. The summed E-state index contributed by atoms with van der Waals surface area (Å²) < 4.78 is 11.1. The van der Waals surface area contributed by atoms with Gasteiger partial charge in [0.1, 0.15) is 11.5 Å². The Morgan fingerprint density at radius 3 is 2.43 bits per heavy atom. The lowest BCUT2D eigenvalue weighted by Gasteiger charge is -2.32. The molecule has 0 fully saturated rings. The second-order valence-electron chi connectivity index (χ2n) is 6.50. The van der Waals surface area contributed by atoms with Gasteiger partial charge in [0, 0.05) is 18.4 Å². The van der Waals surface area contributed by atoms with E-state index >= 15 is 0 Å². The zero-order valence-corrected chi connectivity index (χ0v) is 14.7. The number of carbonyl (C=O) groups excluding carboxylic acids is 1. The van der Waals surface area contributed by atoms with E-state index in [-0.39, 0.29) is 11.9 Å². The lowest BCUT2D eigenvalue weighted by atomic mass is 9.73. The number of aryl methyl sites for hydroxylation is 1. The molecule has 0 amide bonds. The zero-order valence-electron chi connectivity index (χ0n) is 14.7. The molecule has 3 nitrogen and oxygen atoms in total. The molecule has 0 spiro atoms. The van der Waals surface area contributed by atoms with Crippen LogP contribution < -0.4 is 9.47 Å². The average molecular weight is 314 g/mol. The van der Waals surface area contributed by atoms with Gasteiger partial charge in [-0.05, 0) is 57.2 Å². The van der Waals surface area contributed by atoms with Crippen LogP contribution in [0.15, 0.2) is 35.9 Å². The van der Waals surface area contributed by atoms with E-state index in [4.69, 9.17) is 9.47 Å². The largest absolute Gasteiger partial charge is 0.496 e. The summed E-state index contributed by atoms with van der Waals surface area (Å²) in [6.07, 6.45) is 4.40. The SMILES string of the molecule is C=C(C)C1CCC(C)=CC1c1c(OC)cc(C)cc1OC(C)=O. The molecule has 1 aromatic rings. The summed E-state index contributed by atoms with van der Waals surface area (Å²) in [5.74, 6) is 1.48. The molecule has 3 heteroatoms. The van der Waals surface area contributed by atoms with Crippen molar-refractivity contribution < 1.29 is 14.3 Å². The number of esters is 1. The highest BCUT2D eigenvalue weighted by Gasteiger charge is 2.31. The summed E-state index contributed by atoms with van der Waals surface area (Å²) in [4.78, 5) is 11.5. The average Bonchev–Trinajstić information content (AvgIpc) is 2.45. The lowest BCUT2D eigenvalue weighted by Crippen LogP contribution is -2.19. The van der Waals surface area contributed by atoms with Crippen molar-refractivity contribution in [2.24, 2.45) is 5.92 Å². The summed E-state index contributed by atoms with van der Waals surface area (Å²) in [7, 11) is 1.66. The Labute approximate surface area is 139 Å². The molecule has 0 radical (unpaired) electrons. The van der Waals surface area contributed by atoms with Gasteiger partial charge in [0.25, 0.3) is 0 Å². The van der Waals surface area contributed by atoms with E-state index in [0.29, 0.717) is 11.7 Å². The molecule has 0 N–H and O–H groups in total. The number of rotatable bonds is 4. The third-order valence-electron chi connectivity index (χ3n) is 4.44. The molecule has 2 rings (SSSR count). The molecule has 1 aliphatic carbocycles. The number of hydrogen-bond acceptors (Lipinski definition) is 3. The Kier molecular flexibility index (Phi) is 5.30. The molecular formula is C20H26O3. The van der Waals surface area contributed by atoms with Gasteiger partial charge in [-0.2, -0.15) is 0 Å². The van der Waals surface area contributed by atoms with Gasteiger partial charge in [-0.15, -0.1) is 0 Å². The highest BCUT2D eigenvalue weighted by molar-refractivity contribution is 5.71. The normalized spacial score (nSPS) is 20.7. The van der Waals surface area contributed by atoms with Crippen LogP contribution >= 0.6 is 0 Å². The zero-order chi connectivity index (χ0) is 17.1. The van der Waals surface area contributed by atoms with Crippen molar-refractivity contribution in [1.82, 2.24) is 0 Å². The van der Waals surface area contributed by atoms with Crippen LogP contribution in [0.5, 0.6) is 11.5 Å². The molecule has 0 saturated heterocycles. The predicted octanol–water partition coefficient (Wildman–Crippen LogP) is 4.94. The second kappa shape index (κ2) is 7.03. The number of carbonyl (C=O) groups is 1. The molecule has 2 atom stereocenters. The van der Waals surface area contributed by atoms with Crippen molar-refractivity contribution in [1.29, 1.82) is 0 Å². The van der Waals surface area contributed by atoms with Crippen LogP contribution in [0.25, 0.3) is 0 Å². The predicted molar refractivity (Wildman–Crippen MR) is 93.1 cm³/mol. The van der Waals surface area contributed by atoms with Crippen LogP contribution in [-0.2, 0) is 4.79 Å². The summed E-state index contributed by atoms with van der Waals surface area (Å²) in [6, 6.07) is 3.90. The van der Waals surface area contributed by atoms with E-state index < -0.39 is 0 Å². The minimum Gasteiger partial charge on any atom is -0.496 e. The Bertz CT molecular complexity index is 655. The first-order valence-electron chi connectivity index (χ1n) is 8.03. The third-order valence-corrected chi connectivity index (χ3v) is 4.44. The molecule has 2 unspecified atom stereocenters. The van der Waals surface area contributed by atoms with Gasteiger partial charge in [-0.25, -0.2) is 0 Å². The molecule has 0 saturated carbocycles. The summed E-state index contributed by atoms with van der Waals surface area (Å²) in [5.41, 5.74) is 4.45. The fourth-order valence-corrected chi connectivity index (χ4v) is 3.38. The maximum atomic E-state index is 11.5. The van der Waals surface area contributed by atoms with E-state index in [1.807, 2.05) is 19.1 Å². The van der Waals surface area contributed by atoms with Gasteiger partial charge in [0.05, 0.1) is 7.11 Å². The van der Waals surface area contributed by atoms with E-state index in [2.05, 4.69) is 26.5 Å². The van der Waals surface area contributed by atoms with Crippen molar-refractivity contribution in [2.45, 2.75) is 46.5 Å². The van der Waals surface area contributed by atoms with Gasteiger partial charge in [0.15, 0.2) is 0 Å². The molecule has 23 heavy (non-hydrogen) atoms. The van der Waals surface area contributed by atoms with E-state index in [1.165, 1.54) is 12.5 Å². The first-order valence-corrected chi connectivity index (χ1v) is 8.03. The first-order chi connectivity index (χ1) is 10.8. The highest BCUT2D eigenvalue weighted by atomic mass is 16.5. The molecule has 124 valence electrons. The van der Waals surface area contributed by atoms with Gasteiger partial charge >= 0.3 is 5.97 Å². The minimum absolute atomic E-state index is 0.117. The minimum atomic E-state index is -0.317. The van der Waals surface area contributed by atoms with Crippen LogP contribution in [0.3, 0.4) is 0 Å². The summed E-state index contributed by atoms with van der Waals surface area (Å²) >= 11 is 0. The van der Waals surface area contributed by atoms with Crippen molar-refractivity contribution >= 4 is 5.97 Å². The van der Waals surface area contributed by atoms with Gasteiger partial charge in [-0.1, -0.05) is 23.8 Å². The van der Waals surface area contributed by atoms with Gasteiger partial charge in [0.2, 0.25) is 0 Å². The van der Waals surface area contributed by atoms with Crippen molar-refractivity contribution in [3.8, 4) is 11.5 Å². The number of hydrogen-bond donors (Lipinski definition) is 0. The fourth-order valence-electron chi connectivity index (χ4n) is 3.38. The lowest BCUT2D eigenvalue weighted by molar-refractivity contribution is -0.131. The van der Waals surface area contributed by atoms with Crippen molar-refractivity contribution in [2.75, 3.05) is 7.11 Å². The fraction of sp³-hybridized carbons (Fsp3) is 0.450. The van der Waals surface area contributed by atoms with E-state index in [0.717, 1.165) is 35.3 Å². The smallest absolute Gasteiger partial charge is 0.308 e. The number of methoxy groups -OCH3 is 1. The Morgan fingerprint density at radius 1 is 1.22 bits per heavy atom. The molecule has 0 bridgehead atoms. The van der Waals surface area contributed by atoms with Crippen LogP contribution in [0.4, 0.5) is 0 Å². The molecule has 0 aromatic heterocycles. The molecular weight excluding hydrogens is 288 g/mol. The van der Waals surface area contributed by atoms with Gasteiger partial charge < -0.3 is 9.47 Å². The van der Waals surface area contributed by atoms with Crippen molar-refractivity contribution in [3.05, 3.63) is 47.1 Å². The topological polar surface area (TPSA) is 35.5 Å². The number of benzene rings is 1. The Hall–Kier alpha value is -2.03. The molecule has 0 aliphatic heterocycles. The third kappa shape index (κ3) is 3.84. The summed E-state index contributed by atoms with van der Waals surface area (Å²) in [6.45, 7) is 11.8. The van der Waals surface area contributed by atoms with Crippen molar-refractivity contribution in [3.63, 3.8) is 0 Å². The molecule has 0 heterocycles. The second-order valence-corrected chi connectivity index (χ2v) is 6.50. The van der Waals surface area contributed by atoms with E-state index in [9.17, 15) is 4.79 Å².